The van der Waals surface area contributed by atoms with Crippen LogP contribution in [0.1, 0.15) is 49.8 Å². The Kier molecular flexibility index (Phi) is 3.85. The van der Waals surface area contributed by atoms with Gasteiger partial charge in [-0.05, 0) is 32.1 Å². The minimum Gasteiger partial charge on any atom is -0.481 e. The van der Waals surface area contributed by atoms with Gasteiger partial charge in [-0.2, -0.15) is 0 Å². The third-order valence-corrected chi connectivity index (χ3v) is 4.53. The topological polar surface area (TPSA) is 75.1 Å². The average molecular weight is 275 g/mol. The Morgan fingerprint density at radius 3 is 2.85 bits per heavy atom. The number of aliphatic carboxylic acids is 1. The van der Waals surface area contributed by atoms with Crippen LogP contribution in [-0.2, 0) is 17.6 Å². The number of hydrogen-bond donors (Lipinski definition) is 2. The predicted octanol–water partition coefficient (Wildman–Crippen LogP) is 2.41. The summed E-state index contributed by atoms with van der Waals surface area (Å²) >= 11 is 0. The van der Waals surface area contributed by atoms with Crippen molar-refractivity contribution in [3.63, 3.8) is 0 Å². The number of aryl methyl sites for hydroxylation is 1. The molecule has 108 valence electrons. The molecule has 0 aromatic carbocycles. The monoisotopic (exact) mass is 275 g/mol. The highest BCUT2D eigenvalue weighted by Gasteiger charge is 2.30. The van der Waals surface area contributed by atoms with Gasteiger partial charge in [-0.1, -0.05) is 19.3 Å². The number of rotatable bonds is 3. The van der Waals surface area contributed by atoms with E-state index in [0.29, 0.717) is 0 Å². The molecule has 5 nitrogen and oxygen atoms in total. The van der Waals surface area contributed by atoms with E-state index in [4.69, 9.17) is 0 Å². The summed E-state index contributed by atoms with van der Waals surface area (Å²) in [6, 6.07) is -0.00500. The lowest BCUT2D eigenvalue weighted by Crippen LogP contribution is -2.34. The molecule has 2 unspecified atom stereocenters. The molecule has 2 N–H and O–H groups in total. The molecule has 0 bridgehead atoms. The fourth-order valence-electron chi connectivity index (χ4n) is 3.44. The van der Waals surface area contributed by atoms with Gasteiger partial charge in [-0.25, -0.2) is 9.97 Å². The number of carbonyl (C=O) groups is 1. The number of anilines is 1. The summed E-state index contributed by atoms with van der Waals surface area (Å²) in [6.07, 6.45) is 9.64. The van der Waals surface area contributed by atoms with Gasteiger partial charge in [-0.15, -0.1) is 0 Å². The van der Waals surface area contributed by atoms with E-state index in [2.05, 4.69) is 15.3 Å². The third-order valence-electron chi connectivity index (χ3n) is 4.53. The molecule has 3 rings (SSSR count). The average Bonchev–Trinajstić information content (AvgIpc) is 2.79. The van der Waals surface area contributed by atoms with Crippen molar-refractivity contribution < 1.29 is 9.90 Å². The van der Waals surface area contributed by atoms with Gasteiger partial charge in [0.05, 0.1) is 5.92 Å². The van der Waals surface area contributed by atoms with Gasteiger partial charge in [0.15, 0.2) is 0 Å². The van der Waals surface area contributed by atoms with Crippen molar-refractivity contribution in [2.24, 2.45) is 5.92 Å². The van der Waals surface area contributed by atoms with Crippen LogP contribution in [0.5, 0.6) is 0 Å². The van der Waals surface area contributed by atoms with Gasteiger partial charge in [0.2, 0.25) is 0 Å². The Labute approximate surface area is 118 Å². The van der Waals surface area contributed by atoms with Gasteiger partial charge in [-0.3, -0.25) is 4.79 Å². The van der Waals surface area contributed by atoms with Crippen LogP contribution >= 0.6 is 0 Å². The molecule has 2 aliphatic rings. The lowest BCUT2D eigenvalue weighted by molar-refractivity contribution is -0.142. The van der Waals surface area contributed by atoms with Gasteiger partial charge in [0.1, 0.15) is 12.1 Å². The molecule has 1 aromatic heterocycles. The largest absolute Gasteiger partial charge is 0.481 e. The number of nitrogens with one attached hydrogen (secondary N) is 1. The number of nitrogens with zero attached hydrogens (tertiary/aromatic N) is 2. The van der Waals surface area contributed by atoms with Crippen LogP contribution in [0.4, 0.5) is 5.82 Å². The first-order chi connectivity index (χ1) is 9.75. The summed E-state index contributed by atoms with van der Waals surface area (Å²) in [5.41, 5.74) is 2.32. The summed E-state index contributed by atoms with van der Waals surface area (Å²) < 4.78 is 0. The quantitative estimate of drug-likeness (QED) is 0.829. The Morgan fingerprint density at radius 1 is 1.15 bits per heavy atom. The molecule has 0 amide bonds. The van der Waals surface area contributed by atoms with Crippen molar-refractivity contribution in [1.29, 1.82) is 0 Å². The molecule has 0 aliphatic heterocycles. The van der Waals surface area contributed by atoms with Crippen LogP contribution in [0, 0.1) is 5.92 Å². The highest BCUT2D eigenvalue weighted by molar-refractivity contribution is 5.71. The Bertz CT molecular complexity index is 504. The first-order valence-corrected chi connectivity index (χ1v) is 7.58. The minimum atomic E-state index is -0.685. The second-order valence-corrected chi connectivity index (χ2v) is 5.83. The number of carboxylic acid groups (broad SMARTS) is 1. The molecule has 0 spiro atoms. The van der Waals surface area contributed by atoms with Crippen LogP contribution in [-0.4, -0.2) is 27.1 Å². The molecule has 0 radical (unpaired) electrons. The smallest absolute Gasteiger partial charge is 0.308 e. The Hall–Kier alpha value is -1.65. The van der Waals surface area contributed by atoms with Gasteiger partial charge in [0, 0.05) is 17.3 Å². The molecule has 0 saturated heterocycles. The lowest BCUT2D eigenvalue weighted by Gasteiger charge is -2.24. The molecule has 20 heavy (non-hydrogen) atoms. The maximum atomic E-state index is 11.5. The maximum absolute atomic E-state index is 11.5. The summed E-state index contributed by atoms with van der Waals surface area (Å²) in [4.78, 5) is 20.1. The van der Waals surface area contributed by atoms with E-state index in [0.717, 1.165) is 62.9 Å². The molecule has 5 heteroatoms. The molecular formula is C15H21N3O2. The first kappa shape index (κ1) is 13.3. The first-order valence-electron chi connectivity index (χ1n) is 7.58. The zero-order valence-corrected chi connectivity index (χ0v) is 11.6. The second-order valence-electron chi connectivity index (χ2n) is 5.83. The fraction of sp³-hybridized carbons (Fsp3) is 0.667. The van der Waals surface area contributed by atoms with Crippen molar-refractivity contribution in [3.8, 4) is 0 Å². The van der Waals surface area contributed by atoms with E-state index < -0.39 is 5.97 Å². The predicted molar refractivity (Wildman–Crippen MR) is 75.7 cm³/mol. The van der Waals surface area contributed by atoms with E-state index in [1.807, 2.05) is 0 Å². The number of carboxylic acids is 1. The third kappa shape index (κ3) is 2.62. The minimum absolute atomic E-state index is 0.00500. The highest BCUT2D eigenvalue weighted by Crippen LogP contribution is 2.30. The Balaban J connectivity index is 1.81. The SMILES string of the molecule is O=C(O)C1CCCCCC1Nc1ncnc2c1CCC2. The summed E-state index contributed by atoms with van der Waals surface area (Å²) in [7, 11) is 0. The summed E-state index contributed by atoms with van der Waals surface area (Å²) in [6.45, 7) is 0. The van der Waals surface area contributed by atoms with Crippen LogP contribution in [0.3, 0.4) is 0 Å². The molecule has 1 aromatic rings. The Morgan fingerprint density at radius 2 is 2.00 bits per heavy atom. The van der Waals surface area contributed by atoms with Gasteiger partial charge >= 0.3 is 5.97 Å². The molecule has 2 aliphatic carbocycles. The lowest BCUT2D eigenvalue weighted by atomic mass is 9.94. The van der Waals surface area contributed by atoms with Crippen LogP contribution in [0.2, 0.25) is 0 Å². The normalized spacial score (nSPS) is 25.8. The van der Waals surface area contributed by atoms with Crippen molar-refractivity contribution >= 4 is 11.8 Å². The molecular weight excluding hydrogens is 254 g/mol. The number of hydrogen-bond acceptors (Lipinski definition) is 4. The zero-order chi connectivity index (χ0) is 13.9. The van der Waals surface area contributed by atoms with Crippen molar-refractivity contribution in [2.45, 2.75) is 57.4 Å². The van der Waals surface area contributed by atoms with Crippen molar-refractivity contribution in [1.82, 2.24) is 9.97 Å². The summed E-state index contributed by atoms with van der Waals surface area (Å²) in [5, 5.41) is 12.9. The van der Waals surface area contributed by atoms with E-state index in [1.165, 1.54) is 5.56 Å². The number of aromatic nitrogens is 2. The van der Waals surface area contributed by atoms with Crippen LogP contribution < -0.4 is 5.32 Å². The molecule has 1 saturated carbocycles. The summed E-state index contributed by atoms with van der Waals surface area (Å²) in [5.74, 6) is -0.120. The maximum Gasteiger partial charge on any atom is 0.308 e. The molecule has 1 fully saturated rings. The second kappa shape index (κ2) is 5.77. The van der Waals surface area contributed by atoms with E-state index in [-0.39, 0.29) is 12.0 Å². The van der Waals surface area contributed by atoms with E-state index >= 15 is 0 Å². The van der Waals surface area contributed by atoms with Crippen molar-refractivity contribution in [3.05, 3.63) is 17.6 Å². The fourth-order valence-corrected chi connectivity index (χ4v) is 3.44. The van der Waals surface area contributed by atoms with Gasteiger partial charge < -0.3 is 10.4 Å². The van der Waals surface area contributed by atoms with Gasteiger partial charge in [0.25, 0.3) is 0 Å². The van der Waals surface area contributed by atoms with Crippen LogP contribution in [0.25, 0.3) is 0 Å². The van der Waals surface area contributed by atoms with Crippen LogP contribution in [0.15, 0.2) is 6.33 Å². The molecule has 2 atom stereocenters. The van der Waals surface area contributed by atoms with E-state index in [1.54, 1.807) is 6.33 Å². The molecule has 1 heterocycles. The number of fused-ring (bicyclic) bond motifs is 1. The zero-order valence-electron chi connectivity index (χ0n) is 11.6. The van der Waals surface area contributed by atoms with E-state index in [9.17, 15) is 9.90 Å². The van der Waals surface area contributed by atoms with Crippen molar-refractivity contribution in [2.75, 3.05) is 5.32 Å². The highest BCUT2D eigenvalue weighted by atomic mass is 16.4. The standard InChI is InChI=1S/C15H21N3O2/c19-15(20)11-5-2-1-3-7-13(11)18-14-10-6-4-8-12(10)16-9-17-14/h9,11,13H,1-8H2,(H,19,20)(H,16,17,18).